The van der Waals surface area contributed by atoms with Gasteiger partial charge >= 0.3 is 0 Å². The predicted octanol–water partition coefficient (Wildman–Crippen LogP) is 2.37. The van der Waals surface area contributed by atoms with Crippen LogP contribution >= 0.6 is 0 Å². The van der Waals surface area contributed by atoms with E-state index in [1.165, 1.54) is 54.6 Å². The van der Waals surface area contributed by atoms with Gasteiger partial charge in [-0.15, -0.1) is 0 Å². The summed E-state index contributed by atoms with van der Waals surface area (Å²) in [5.74, 6) is -1.86. The van der Waals surface area contributed by atoms with E-state index in [0.29, 0.717) is 17.0 Å². The number of amides is 3. The molecule has 11 heteroatoms. The van der Waals surface area contributed by atoms with E-state index in [1.54, 1.807) is 12.1 Å². The molecular formula is C22H16FN3O6S. The monoisotopic (exact) mass is 469 g/mol. The highest BCUT2D eigenvalue weighted by Crippen LogP contribution is 2.26. The van der Waals surface area contributed by atoms with E-state index in [-0.39, 0.29) is 16.2 Å². The van der Waals surface area contributed by atoms with Gasteiger partial charge in [0.05, 0.1) is 10.6 Å². The summed E-state index contributed by atoms with van der Waals surface area (Å²) in [6, 6.07) is 13.8. The van der Waals surface area contributed by atoms with Crippen molar-refractivity contribution in [2.75, 3.05) is 5.01 Å². The maximum atomic E-state index is 13.1. The third kappa shape index (κ3) is 4.53. The number of furan rings is 1. The fraction of sp³-hybridized carbons (Fsp3) is 0.0455. The van der Waals surface area contributed by atoms with Gasteiger partial charge in [-0.05, 0) is 66.7 Å². The van der Waals surface area contributed by atoms with Crippen molar-refractivity contribution in [3.05, 3.63) is 77.8 Å². The lowest BCUT2D eigenvalue weighted by Crippen LogP contribution is -2.35. The van der Waals surface area contributed by atoms with Crippen LogP contribution in [0, 0.1) is 5.82 Å². The summed E-state index contributed by atoms with van der Waals surface area (Å²) in [4.78, 5) is 35.9. The summed E-state index contributed by atoms with van der Waals surface area (Å²) < 4.78 is 44.8. The maximum absolute atomic E-state index is 13.1. The second-order valence-corrected chi connectivity index (χ2v) is 8.69. The van der Waals surface area contributed by atoms with Crippen molar-refractivity contribution in [3.63, 3.8) is 0 Å². The summed E-state index contributed by atoms with van der Waals surface area (Å²) in [6.07, 6.45) is 1.28. The lowest BCUT2D eigenvalue weighted by atomic mass is 10.2. The summed E-state index contributed by atoms with van der Waals surface area (Å²) in [5, 5.41) is 1.01. The van der Waals surface area contributed by atoms with Crippen LogP contribution in [-0.2, 0) is 24.4 Å². The van der Waals surface area contributed by atoms with Crippen LogP contribution < -0.4 is 15.2 Å². The van der Waals surface area contributed by atoms with E-state index in [1.807, 2.05) is 4.72 Å². The van der Waals surface area contributed by atoms with Crippen molar-refractivity contribution < 1.29 is 31.6 Å². The molecule has 1 aromatic heterocycles. The SMILES string of the molecule is CC(=O)NS(=O)(=O)c1ccc(-c2ccc(C=C3C(=O)NN(c4ccc(F)cc4)C3=O)o2)cc1. The van der Waals surface area contributed by atoms with Crippen LogP contribution in [0.2, 0.25) is 0 Å². The largest absolute Gasteiger partial charge is 0.457 e. The zero-order chi connectivity index (χ0) is 23.8. The highest BCUT2D eigenvalue weighted by molar-refractivity contribution is 7.90. The molecule has 0 bridgehead atoms. The zero-order valence-corrected chi connectivity index (χ0v) is 17.9. The minimum atomic E-state index is -3.96. The van der Waals surface area contributed by atoms with E-state index < -0.39 is 33.6 Å². The normalized spacial score (nSPS) is 15.1. The van der Waals surface area contributed by atoms with Gasteiger partial charge in [0, 0.05) is 12.5 Å². The molecule has 3 amide bonds. The first kappa shape index (κ1) is 22.0. The van der Waals surface area contributed by atoms with Gasteiger partial charge in [0.1, 0.15) is 22.9 Å². The number of carbonyl (C=O) groups is 3. The molecule has 1 aliphatic rings. The first-order valence-corrected chi connectivity index (χ1v) is 11.0. The Morgan fingerprint density at radius 3 is 2.33 bits per heavy atom. The van der Waals surface area contributed by atoms with Gasteiger partial charge in [0.2, 0.25) is 5.91 Å². The predicted molar refractivity (Wildman–Crippen MR) is 115 cm³/mol. The van der Waals surface area contributed by atoms with Crippen molar-refractivity contribution in [2.45, 2.75) is 11.8 Å². The Hall–Kier alpha value is -4.25. The average Bonchev–Trinajstić information content (AvgIpc) is 3.34. The Kier molecular flexibility index (Phi) is 5.56. The van der Waals surface area contributed by atoms with Crippen LogP contribution in [0.1, 0.15) is 12.7 Å². The van der Waals surface area contributed by atoms with Gasteiger partial charge in [0.25, 0.3) is 21.8 Å². The number of sulfonamides is 1. The van der Waals surface area contributed by atoms with Crippen molar-refractivity contribution in [3.8, 4) is 11.3 Å². The van der Waals surface area contributed by atoms with Crippen molar-refractivity contribution in [1.29, 1.82) is 0 Å². The third-order valence-electron chi connectivity index (χ3n) is 4.62. The molecule has 1 fully saturated rings. The summed E-state index contributed by atoms with van der Waals surface area (Å²) in [6.45, 7) is 1.10. The Labute approximate surface area is 187 Å². The van der Waals surface area contributed by atoms with Crippen LogP contribution in [-0.4, -0.2) is 26.1 Å². The number of nitrogens with zero attached hydrogens (tertiary/aromatic N) is 1. The molecule has 2 heterocycles. The molecular weight excluding hydrogens is 453 g/mol. The second-order valence-electron chi connectivity index (χ2n) is 7.00. The van der Waals surface area contributed by atoms with Crippen LogP contribution in [0.15, 0.2) is 75.5 Å². The zero-order valence-electron chi connectivity index (χ0n) is 17.0. The first-order valence-electron chi connectivity index (χ1n) is 9.50. The first-order chi connectivity index (χ1) is 15.6. The number of hydrogen-bond donors (Lipinski definition) is 2. The van der Waals surface area contributed by atoms with Crippen molar-refractivity contribution in [2.24, 2.45) is 0 Å². The van der Waals surface area contributed by atoms with Gasteiger partial charge in [-0.3, -0.25) is 19.8 Å². The molecule has 1 aliphatic heterocycles. The lowest BCUT2D eigenvalue weighted by Gasteiger charge is -2.14. The summed E-state index contributed by atoms with van der Waals surface area (Å²) in [5.41, 5.74) is 3.08. The molecule has 9 nitrogen and oxygen atoms in total. The summed E-state index contributed by atoms with van der Waals surface area (Å²) >= 11 is 0. The number of halogens is 1. The quantitative estimate of drug-likeness (QED) is 0.437. The molecule has 0 aliphatic carbocycles. The van der Waals surface area contributed by atoms with E-state index in [4.69, 9.17) is 4.42 Å². The van der Waals surface area contributed by atoms with Gasteiger partial charge in [-0.25, -0.2) is 22.5 Å². The van der Waals surface area contributed by atoms with Crippen molar-refractivity contribution in [1.82, 2.24) is 10.1 Å². The lowest BCUT2D eigenvalue weighted by molar-refractivity contribution is -0.118. The number of benzene rings is 2. The van der Waals surface area contributed by atoms with Gasteiger partial charge in [-0.2, -0.15) is 0 Å². The number of hydrogen-bond acceptors (Lipinski definition) is 6. The minimum absolute atomic E-state index is 0.0931. The van der Waals surface area contributed by atoms with E-state index >= 15 is 0 Å². The second kappa shape index (κ2) is 8.36. The van der Waals surface area contributed by atoms with Crippen LogP contribution in [0.4, 0.5) is 10.1 Å². The standard InChI is InChI=1S/C22H16FN3O6S/c1-13(27)25-33(30,31)18-9-2-14(3-10-18)20-11-8-17(32-20)12-19-21(28)24-26(22(19)29)16-6-4-15(23)5-7-16/h2-12H,1H3,(H,24,28)(H,25,27). The fourth-order valence-corrected chi connectivity index (χ4v) is 4.09. The maximum Gasteiger partial charge on any atom is 0.282 e. The molecule has 168 valence electrons. The van der Waals surface area contributed by atoms with Crippen LogP contribution in [0.25, 0.3) is 17.4 Å². The topological polar surface area (TPSA) is 126 Å². The van der Waals surface area contributed by atoms with Crippen LogP contribution in [0.3, 0.4) is 0 Å². The number of anilines is 1. The highest BCUT2D eigenvalue weighted by Gasteiger charge is 2.34. The molecule has 0 saturated carbocycles. The van der Waals surface area contributed by atoms with Gasteiger partial charge in [-0.1, -0.05) is 0 Å². The van der Waals surface area contributed by atoms with E-state index in [9.17, 15) is 27.2 Å². The minimum Gasteiger partial charge on any atom is -0.457 e. The Morgan fingerprint density at radius 2 is 1.70 bits per heavy atom. The molecule has 3 aromatic rings. The molecule has 0 radical (unpaired) electrons. The Morgan fingerprint density at radius 1 is 1.03 bits per heavy atom. The molecule has 1 saturated heterocycles. The smallest absolute Gasteiger partial charge is 0.282 e. The third-order valence-corrected chi connectivity index (χ3v) is 6.07. The molecule has 2 N–H and O–H groups in total. The average molecular weight is 469 g/mol. The number of carbonyl (C=O) groups excluding carboxylic acids is 3. The van der Waals surface area contributed by atoms with Crippen molar-refractivity contribution >= 4 is 39.5 Å². The number of hydrazine groups is 1. The summed E-state index contributed by atoms with van der Waals surface area (Å²) in [7, 11) is -3.96. The highest BCUT2D eigenvalue weighted by atomic mass is 32.2. The number of rotatable bonds is 5. The van der Waals surface area contributed by atoms with Gasteiger partial charge < -0.3 is 4.42 Å². The molecule has 0 unspecified atom stereocenters. The van der Waals surface area contributed by atoms with Crippen LogP contribution in [0.5, 0.6) is 0 Å². The van der Waals surface area contributed by atoms with Gasteiger partial charge in [0.15, 0.2) is 0 Å². The molecule has 0 spiro atoms. The van der Waals surface area contributed by atoms with E-state index in [0.717, 1.165) is 11.9 Å². The molecule has 0 atom stereocenters. The molecule has 4 rings (SSSR count). The molecule has 33 heavy (non-hydrogen) atoms. The Balaban J connectivity index is 1.55. The number of nitrogens with one attached hydrogen (secondary N) is 2. The molecule has 2 aromatic carbocycles. The fourth-order valence-electron chi connectivity index (χ4n) is 3.10. The van der Waals surface area contributed by atoms with E-state index in [2.05, 4.69) is 5.43 Å². The Bertz CT molecular complexity index is 1390.